The quantitative estimate of drug-likeness (QED) is 0.847. The number of benzene rings is 1. The average molecular weight is 304 g/mol. The van der Waals surface area contributed by atoms with E-state index in [2.05, 4.69) is 33.4 Å². The van der Waals surface area contributed by atoms with Crippen LogP contribution in [0.3, 0.4) is 0 Å². The van der Waals surface area contributed by atoms with Gasteiger partial charge >= 0.3 is 0 Å². The summed E-state index contributed by atoms with van der Waals surface area (Å²) in [4.78, 5) is 0. The number of aliphatic hydroxyl groups is 1. The molecule has 0 aliphatic heterocycles. The van der Waals surface area contributed by atoms with Gasteiger partial charge in [0.2, 0.25) is 0 Å². The standard InChI is InChI=1S/C12H18BrNOS/c1-12(15,9-16-2)8-14-7-10-3-5-11(13)6-4-10/h3-6,14-15H,7-9H2,1-2H3. The molecule has 0 aromatic heterocycles. The first-order chi connectivity index (χ1) is 7.53. The highest BCUT2D eigenvalue weighted by atomic mass is 79.9. The summed E-state index contributed by atoms with van der Waals surface area (Å²) in [5.74, 6) is 0.750. The molecule has 1 unspecified atom stereocenters. The van der Waals surface area contributed by atoms with E-state index in [0.29, 0.717) is 6.54 Å². The molecule has 0 fully saturated rings. The van der Waals surface area contributed by atoms with Crippen molar-refractivity contribution in [2.45, 2.75) is 19.1 Å². The van der Waals surface area contributed by atoms with Gasteiger partial charge in [-0.25, -0.2) is 0 Å². The molecule has 0 amide bonds. The minimum absolute atomic E-state index is 0.615. The van der Waals surface area contributed by atoms with Gasteiger partial charge in [0.05, 0.1) is 5.60 Å². The highest BCUT2D eigenvalue weighted by Crippen LogP contribution is 2.11. The van der Waals surface area contributed by atoms with Crippen LogP contribution in [0.2, 0.25) is 0 Å². The van der Waals surface area contributed by atoms with Crippen LogP contribution in [-0.2, 0) is 6.54 Å². The molecule has 2 nitrogen and oxygen atoms in total. The Kier molecular flexibility index (Phi) is 5.83. The minimum Gasteiger partial charge on any atom is -0.388 e. The Morgan fingerprint density at radius 3 is 2.56 bits per heavy atom. The van der Waals surface area contributed by atoms with E-state index in [-0.39, 0.29) is 0 Å². The van der Waals surface area contributed by atoms with E-state index in [1.807, 2.05) is 25.3 Å². The largest absolute Gasteiger partial charge is 0.388 e. The van der Waals surface area contributed by atoms with Crippen molar-refractivity contribution in [1.82, 2.24) is 5.32 Å². The van der Waals surface area contributed by atoms with Gasteiger partial charge in [0.25, 0.3) is 0 Å². The second-order valence-corrected chi connectivity index (χ2v) is 5.94. The van der Waals surface area contributed by atoms with Crippen molar-refractivity contribution in [3.8, 4) is 0 Å². The van der Waals surface area contributed by atoms with Gasteiger partial charge in [0, 0.05) is 23.3 Å². The lowest BCUT2D eigenvalue weighted by atomic mass is 10.1. The molecule has 1 aromatic carbocycles. The van der Waals surface area contributed by atoms with E-state index in [1.54, 1.807) is 11.8 Å². The topological polar surface area (TPSA) is 32.3 Å². The zero-order valence-electron chi connectivity index (χ0n) is 9.66. The molecule has 2 N–H and O–H groups in total. The highest BCUT2D eigenvalue weighted by molar-refractivity contribution is 9.10. The summed E-state index contributed by atoms with van der Waals surface area (Å²) in [5.41, 5.74) is 0.595. The second kappa shape index (κ2) is 6.64. The van der Waals surface area contributed by atoms with Crippen LogP contribution in [0.25, 0.3) is 0 Å². The molecule has 0 bridgehead atoms. The molecule has 0 aliphatic rings. The number of rotatable bonds is 6. The fourth-order valence-electron chi connectivity index (χ4n) is 1.44. The van der Waals surface area contributed by atoms with Crippen LogP contribution in [0.1, 0.15) is 12.5 Å². The van der Waals surface area contributed by atoms with Crippen LogP contribution in [0.4, 0.5) is 0 Å². The minimum atomic E-state index is -0.630. The van der Waals surface area contributed by atoms with Gasteiger partial charge in [-0.05, 0) is 30.9 Å². The van der Waals surface area contributed by atoms with Gasteiger partial charge in [0.15, 0.2) is 0 Å². The molecule has 1 rings (SSSR count). The summed E-state index contributed by atoms with van der Waals surface area (Å²) in [7, 11) is 0. The molecule has 1 atom stereocenters. The van der Waals surface area contributed by atoms with Crippen molar-refractivity contribution in [1.29, 1.82) is 0 Å². The lowest BCUT2D eigenvalue weighted by molar-refractivity contribution is 0.0846. The maximum Gasteiger partial charge on any atom is 0.0833 e. The van der Waals surface area contributed by atoms with Crippen LogP contribution in [0, 0.1) is 0 Å². The molecule has 16 heavy (non-hydrogen) atoms. The maximum absolute atomic E-state index is 9.95. The van der Waals surface area contributed by atoms with Crippen LogP contribution in [0.5, 0.6) is 0 Å². The Bertz CT molecular complexity index is 313. The van der Waals surface area contributed by atoms with Crippen LogP contribution < -0.4 is 5.32 Å². The smallest absolute Gasteiger partial charge is 0.0833 e. The Morgan fingerprint density at radius 2 is 2.00 bits per heavy atom. The number of hydrogen-bond acceptors (Lipinski definition) is 3. The summed E-state index contributed by atoms with van der Waals surface area (Å²) < 4.78 is 1.09. The molecule has 1 aromatic rings. The summed E-state index contributed by atoms with van der Waals surface area (Å²) in [6.07, 6.45) is 2.00. The zero-order valence-corrected chi connectivity index (χ0v) is 12.1. The maximum atomic E-state index is 9.95. The third-order valence-corrected chi connectivity index (χ3v) is 3.64. The first-order valence-electron chi connectivity index (χ1n) is 5.20. The van der Waals surface area contributed by atoms with E-state index < -0.39 is 5.60 Å². The fourth-order valence-corrected chi connectivity index (χ4v) is 2.43. The van der Waals surface area contributed by atoms with Crippen LogP contribution in [-0.4, -0.2) is 29.3 Å². The molecule has 0 saturated carbocycles. The third-order valence-electron chi connectivity index (χ3n) is 2.20. The van der Waals surface area contributed by atoms with E-state index >= 15 is 0 Å². The summed E-state index contributed by atoms with van der Waals surface area (Å²) in [5, 5.41) is 13.2. The predicted octanol–water partition coefficient (Wildman–Crippen LogP) is 2.65. The average Bonchev–Trinajstić information content (AvgIpc) is 2.20. The van der Waals surface area contributed by atoms with E-state index in [1.165, 1.54) is 5.56 Å². The molecular formula is C12H18BrNOS. The number of thioether (sulfide) groups is 1. The van der Waals surface area contributed by atoms with Crippen molar-refractivity contribution in [3.05, 3.63) is 34.3 Å². The lowest BCUT2D eigenvalue weighted by Crippen LogP contribution is -2.39. The van der Waals surface area contributed by atoms with E-state index in [4.69, 9.17) is 0 Å². The molecule has 0 radical (unpaired) electrons. The number of halogens is 1. The summed E-state index contributed by atoms with van der Waals surface area (Å²) >= 11 is 5.06. The highest BCUT2D eigenvalue weighted by Gasteiger charge is 2.18. The van der Waals surface area contributed by atoms with Crippen LogP contribution >= 0.6 is 27.7 Å². The Labute approximate surface area is 110 Å². The molecule has 0 aliphatic carbocycles. The fraction of sp³-hybridized carbons (Fsp3) is 0.500. The van der Waals surface area contributed by atoms with Gasteiger partial charge in [-0.3, -0.25) is 0 Å². The summed E-state index contributed by atoms with van der Waals surface area (Å²) in [6.45, 7) is 3.26. The van der Waals surface area contributed by atoms with Crippen molar-refractivity contribution < 1.29 is 5.11 Å². The van der Waals surface area contributed by atoms with E-state index in [0.717, 1.165) is 16.8 Å². The molecule has 0 heterocycles. The Balaban J connectivity index is 2.32. The second-order valence-electron chi connectivity index (χ2n) is 4.16. The number of hydrogen-bond donors (Lipinski definition) is 2. The summed E-state index contributed by atoms with van der Waals surface area (Å²) in [6, 6.07) is 8.19. The molecule has 0 saturated heterocycles. The van der Waals surface area contributed by atoms with Gasteiger partial charge in [-0.15, -0.1) is 0 Å². The monoisotopic (exact) mass is 303 g/mol. The SMILES string of the molecule is CSCC(C)(O)CNCc1ccc(Br)cc1. The molecule has 4 heteroatoms. The zero-order chi connectivity index (χ0) is 12.0. The predicted molar refractivity (Wildman–Crippen MR) is 74.9 cm³/mol. The molecular weight excluding hydrogens is 286 g/mol. The van der Waals surface area contributed by atoms with Crippen molar-refractivity contribution in [3.63, 3.8) is 0 Å². The Hall–Kier alpha value is -0.0300. The normalized spacial score (nSPS) is 14.8. The first-order valence-corrected chi connectivity index (χ1v) is 7.39. The van der Waals surface area contributed by atoms with Crippen molar-refractivity contribution in [2.24, 2.45) is 0 Å². The third kappa shape index (κ3) is 5.34. The lowest BCUT2D eigenvalue weighted by Gasteiger charge is -2.22. The van der Waals surface area contributed by atoms with Crippen molar-refractivity contribution in [2.75, 3.05) is 18.6 Å². The van der Waals surface area contributed by atoms with Crippen molar-refractivity contribution >= 4 is 27.7 Å². The van der Waals surface area contributed by atoms with Crippen LogP contribution in [0.15, 0.2) is 28.7 Å². The van der Waals surface area contributed by atoms with Gasteiger partial charge in [-0.2, -0.15) is 11.8 Å². The van der Waals surface area contributed by atoms with Gasteiger partial charge in [0.1, 0.15) is 0 Å². The molecule has 0 spiro atoms. The van der Waals surface area contributed by atoms with Gasteiger partial charge in [-0.1, -0.05) is 28.1 Å². The molecule has 90 valence electrons. The van der Waals surface area contributed by atoms with Gasteiger partial charge < -0.3 is 10.4 Å². The van der Waals surface area contributed by atoms with E-state index in [9.17, 15) is 5.11 Å². The first kappa shape index (κ1) is 14.0. The Morgan fingerprint density at radius 1 is 1.38 bits per heavy atom. The number of nitrogens with one attached hydrogen (secondary N) is 1.